The first kappa shape index (κ1) is 20.4. The summed E-state index contributed by atoms with van der Waals surface area (Å²) in [7, 11) is 0. The van der Waals surface area contributed by atoms with Crippen LogP contribution in [0.3, 0.4) is 0 Å². The molecule has 0 aliphatic carbocycles. The monoisotopic (exact) mass is 424 g/mol. The maximum absolute atomic E-state index is 12.9. The lowest BCUT2D eigenvalue weighted by Crippen LogP contribution is -2.37. The van der Waals surface area contributed by atoms with Crippen LogP contribution in [0.15, 0.2) is 47.3 Å². The van der Waals surface area contributed by atoms with E-state index in [9.17, 15) is 9.59 Å². The maximum Gasteiger partial charge on any atom is 0.350 e. The van der Waals surface area contributed by atoms with Crippen LogP contribution >= 0.6 is 11.6 Å². The first-order chi connectivity index (χ1) is 14.4. The van der Waals surface area contributed by atoms with E-state index in [0.717, 1.165) is 36.9 Å². The number of amides is 1. The van der Waals surface area contributed by atoms with Crippen molar-refractivity contribution < 1.29 is 4.79 Å². The van der Waals surface area contributed by atoms with Crippen LogP contribution in [0.4, 0.5) is 11.5 Å². The highest BCUT2D eigenvalue weighted by Crippen LogP contribution is 2.27. The third-order valence-corrected chi connectivity index (χ3v) is 6.20. The van der Waals surface area contributed by atoms with Gasteiger partial charge in [-0.05, 0) is 55.5 Å². The molecule has 1 N–H and O–H groups in total. The number of benzene rings is 2. The fraction of sp³-hybridized carbons (Fsp3) is 0.348. The van der Waals surface area contributed by atoms with Crippen molar-refractivity contribution in [2.45, 2.75) is 33.2 Å². The highest BCUT2D eigenvalue weighted by Gasteiger charge is 2.21. The van der Waals surface area contributed by atoms with Crippen molar-refractivity contribution >= 4 is 39.9 Å². The molecule has 2 heterocycles. The number of para-hydroxylation sites is 1. The van der Waals surface area contributed by atoms with Crippen LogP contribution in [0, 0.1) is 12.8 Å². The van der Waals surface area contributed by atoms with Gasteiger partial charge in [-0.3, -0.25) is 9.36 Å². The van der Waals surface area contributed by atoms with Gasteiger partial charge in [0.05, 0.1) is 5.52 Å². The summed E-state index contributed by atoms with van der Waals surface area (Å²) in [6, 6.07) is 13.0. The van der Waals surface area contributed by atoms with Crippen molar-refractivity contribution in [2.24, 2.45) is 5.92 Å². The number of rotatable bonds is 4. The Balaban J connectivity index is 1.66. The number of fused-ring (bicyclic) bond motifs is 1. The highest BCUT2D eigenvalue weighted by atomic mass is 35.5. The number of anilines is 2. The van der Waals surface area contributed by atoms with E-state index in [0.29, 0.717) is 28.0 Å². The minimum Gasteiger partial charge on any atom is -0.356 e. The molecule has 0 atom stereocenters. The summed E-state index contributed by atoms with van der Waals surface area (Å²) in [6.45, 7) is 5.75. The van der Waals surface area contributed by atoms with Crippen molar-refractivity contribution in [2.75, 3.05) is 23.3 Å². The number of piperidine rings is 1. The molecule has 0 radical (unpaired) electrons. The lowest BCUT2D eigenvalue weighted by molar-refractivity contribution is -0.116. The minimum absolute atomic E-state index is 0.115. The fourth-order valence-electron chi connectivity index (χ4n) is 3.90. The lowest BCUT2D eigenvalue weighted by Gasteiger charge is -2.32. The molecule has 0 unspecified atom stereocenters. The standard InChI is InChI=1S/C23H25ClN4O2/c1-15-10-12-27(13-11-15)22-17-6-3-4-9-20(17)28(23(30)26-22)14-21(29)25-19-8-5-7-18(24)16(19)2/h3-9,15H,10-14H2,1-2H3,(H,25,29). The normalized spacial score (nSPS) is 14.8. The Morgan fingerprint density at radius 2 is 1.90 bits per heavy atom. The Labute approximate surface area is 180 Å². The van der Waals surface area contributed by atoms with Gasteiger partial charge in [0.15, 0.2) is 0 Å². The molecule has 1 fully saturated rings. The zero-order valence-electron chi connectivity index (χ0n) is 17.2. The van der Waals surface area contributed by atoms with Crippen LogP contribution < -0.4 is 15.9 Å². The Bertz CT molecular complexity index is 1150. The zero-order valence-corrected chi connectivity index (χ0v) is 17.9. The van der Waals surface area contributed by atoms with Crippen molar-refractivity contribution in [1.29, 1.82) is 0 Å². The molecule has 1 aromatic heterocycles. The molecule has 1 aliphatic rings. The molecule has 7 heteroatoms. The Morgan fingerprint density at radius 3 is 2.67 bits per heavy atom. The summed E-state index contributed by atoms with van der Waals surface area (Å²) in [5, 5.41) is 4.32. The predicted molar refractivity (Wildman–Crippen MR) is 121 cm³/mol. The topological polar surface area (TPSA) is 67.2 Å². The molecular formula is C23H25ClN4O2. The first-order valence-corrected chi connectivity index (χ1v) is 10.6. The summed E-state index contributed by atoms with van der Waals surface area (Å²) < 4.78 is 1.43. The van der Waals surface area contributed by atoms with Gasteiger partial charge in [0.2, 0.25) is 5.91 Å². The molecule has 6 nitrogen and oxygen atoms in total. The summed E-state index contributed by atoms with van der Waals surface area (Å²) in [5.74, 6) is 1.10. The van der Waals surface area contributed by atoms with Gasteiger partial charge in [0, 0.05) is 29.2 Å². The van der Waals surface area contributed by atoms with E-state index in [2.05, 4.69) is 22.1 Å². The van der Waals surface area contributed by atoms with E-state index in [1.807, 2.05) is 31.2 Å². The average molecular weight is 425 g/mol. The van der Waals surface area contributed by atoms with Gasteiger partial charge in [-0.15, -0.1) is 0 Å². The van der Waals surface area contributed by atoms with Crippen molar-refractivity contribution in [3.05, 3.63) is 63.5 Å². The third kappa shape index (κ3) is 4.05. The predicted octanol–water partition coefficient (Wildman–Crippen LogP) is 4.23. The summed E-state index contributed by atoms with van der Waals surface area (Å²) >= 11 is 6.14. The number of nitrogens with one attached hydrogen (secondary N) is 1. The molecule has 1 aliphatic heterocycles. The van der Waals surface area contributed by atoms with Gasteiger partial charge in [-0.25, -0.2) is 4.79 Å². The van der Waals surface area contributed by atoms with Gasteiger partial charge >= 0.3 is 5.69 Å². The Kier molecular flexibility index (Phi) is 5.77. The summed E-state index contributed by atoms with van der Waals surface area (Å²) in [5.41, 5.74) is 1.72. The van der Waals surface area contributed by atoms with Gasteiger partial charge in [0.1, 0.15) is 12.4 Å². The van der Waals surface area contributed by atoms with Gasteiger partial charge in [-0.1, -0.05) is 36.7 Å². The smallest absolute Gasteiger partial charge is 0.350 e. The van der Waals surface area contributed by atoms with Crippen LogP contribution in [-0.4, -0.2) is 28.5 Å². The van der Waals surface area contributed by atoms with E-state index in [1.54, 1.807) is 18.2 Å². The van der Waals surface area contributed by atoms with Crippen LogP contribution in [0.1, 0.15) is 25.3 Å². The number of hydrogen-bond donors (Lipinski definition) is 1. The van der Waals surface area contributed by atoms with Gasteiger partial charge in [0.25, 0.3) is 0 Å². The number of aromatic nitrogens is 2. The number of halogens is 1. The fourth-order valence-corrected chi connectivity index (χ4v) is 4.08. The second-order valence-corrected chi connectivity index (χ2v) is 8.36. The third-order valence-electron chi connectivity index (χ3n) is 5.79. The van der Waals surface area contributed by atoms with Gasteiger partial charge in [-0.2, -0.15) is 4.98 Å². The first-order valence-electron chi connectivity index (χ1n) is 10.2. The van der Waals surface area contributed by atoms with Crippen molar-refractivity contribution in [3.63, 3.8) is 0 Å². The summed E-state index contributed by atoms with van der Waals surface area (Å²) in [6.07, 6.45) is 2.17. The SMILES string of the molecule is Cc1c(Cl)cccc1NC(=O)Cn1c(=O)nc(N2CCC(C)CC2)c2ccccc21. The molecule has 4 rings (SSSR count). The maximum atomic E-state index is 12.9. The Hall–Kier alpha value is -2.86. The van der Waals surface area contributed by atoms with Crippen LogP contribution in [0.5, 0.6) is 0 Å². The second-order valence-electron chi connectivity index (χ2n) is 7.95. The number of carbonyl (C=O) groups excluding carboxylic acids is 1. The Morgan fingerprint density at radius 1 is 1.17 bits per heavy atom. The van der Waals surface area contributed by atoms with E-state index in [1.165, 1.54) is 4.57 Å². The molecule has 1 saturated heterocycles. The van der Waals surface area contributed by atoms with Crippen molar-refractivity contribution in [1.82, 2.24) is 9.55 Å². The van der Waals surface area contributed by atoms with Crippen LogP contribution in [-0.2, 0) is 11.3 Å². The number of nitrogens with zero attached hydrogens (tertiary/aromatic N) is 3. The molecule has 30 heavy (non-hydrogen) atoms. The zero-order chi connectivity index (χ0) is 21.3. The molecule has 3 aromatic rings. The lowest BCUT2D eigenvalue weighted by atomic mass is 9.99. The second kappa shape index (κ2) is 8.48. The van der Waals surface area contributed by atoms with Crippen LogP contribution in [0.2, 0.25) is 5.02 Å². The molecule has 2 aromatic carbocycles. The quantitative estimate of drug-likeness (QED) is 0.680. The number of carbonyl (C=O) groups is 1. The highest BCUT2D eigenvalue weighted by molar-refractivity contribution is 6.31. The van der Waals surface area contributed by atoms with Crippen LogP contribution in [0.25, 0.3) is 10.9 Å². The molecule has 0 bridgehead atoms. The molecule has 1 amide bonds. The molecular weight excluding hydrogens is 400 g/mol. The molecule has 156 valence electrons. The van der Waals surface area contributed by atoms with E-state index in [4.69, 9.17) is 11.6 Å². The van der Waals surface area contributed by atoms with Crippen molar-refractivity contribution in [3.8, 4) is 0 Å². The van der Waals surface area contributed by atoms with E-state index in [-0.39, 0.29) is 12.5 Å². The average Bonchev–Trinajstić information content (AvgIpc) is 2.74. The van der Waals surface area contributed by atoms with Gasteiger partial charge < -0.3 is 10.2 Å². The summed E-state index contributed by atoms with van der Waals surface area (Å²) in [4.78, 5) is 32.2. The molecule has 0 saturated carbocycles. The van der Waals surface area contributed by atoms with E-state index < -0.39 is 5.69 Å². The van der Waals surface area contributed by atoms with E-state index >= 15 is 0 Å². The number of hydrogen-bond acceptors (Lipinski definition) is 4. The minimum atomic E-state index is -0.416. The molecule has 0 spiro atoms. The largest absolute Gasteiger partial charge is 0.356 e.